The molecule has 0 unspecified atom stereocenters. The average Bonchev–Trinajstić information content (AvgIpc) is 2.96. The summed E-state index contributed by atoms with van der Waals surface area (Å²) in [5, 5.41) is 16.8. The van der Waals surface area contributed by atoms with Gasteiger partial charge in [-0.1, -0.05) is 6.07 Å². The van der Waals surface area contributed by atoms with Crippen molar-refractivity contribution in [3.8, 4) is 5.69 Å². The van der Waals surface area contributed by atoms with Gasteiger partial charge in [-0.2, -0.15) is 0 Å². The highest BCUT2D eigenvalue weighted by Gasteiger charge is 2.12. The van der Waals surface area contributed by atoms with E-state index in [9.17, 15) is 0 Å². The fourth-order valence-electron chi connectivity index (χ4n) is 2.29. The van der Waals surface area contributed by atoms with Crippen molar-refractivity contribution >= 4 is 0 Å². The Hall–Kier alpha value is -1.68. The molecule has 0 amide bonds. The summed E-state index contributed by atoms with van der Waals surface area (Å²) in [5.41, 5.74) is 3.90. The molecule has 82 valence electrons. The van der Waals surface area contributed by atoms with Crippen LogP contribution >= 0.6 is 0 Å². The van der Waals surface area contributed by atoms with Crippen molar-refractivity contribution in [3.63, 3.8) is 0 Å². The van der Waals surface area contributed by atoms with Gasteiger partial charge in [-0.05, 0) is 42.5 Å². The molecule has 0 bridgehead atoms. The molecule has 1 aromatic heterocycles. The van der Waals surface area contributed by atoms with Crippen LogP contribution in [0.15, 0.2) is 24.5 Å². The molecule has 4 heteroatoms. The predicted molar refractivity (Wildman–Crippen MR) is 59.3 cm³/mol. The van der Waals surface area contributed by atoms with Gasteiger partial charge in [-0.15, -0.1) is 10.2 Å². The number of fused-ring (bicyclic) bond motifs is 1. The van der Waals surface area contributed by atoms with E-state index in [0.29, 0.717) is 5.82 Å². The summed E-state index contributed by atoms with van der Waals surface area (Å²) in [5.74, 6) is 0.581. The van der Waals surface area contributed by atoms with Gasteiger partial charge >= 0.3 is 0 Å². The van der Waals surface area contributed by atoms with Gasteiger partial charge in [0.25, 0.3) is 0 Å². The summed E-state index contributed by atoms with van der Waals surface area (Å²) >= 11 is 0. The van der Waals surface area contributed by atoms with E-state index in [-0.39, 0.29) is 6.61 Å². The quantitative estimate of drug-likeness (QED) is 0.820. The van der Waals surface area contributed by atoms with E-state index < -0.39 is 0 Å². The van der Waals surface area contributed by atoms with Crippen LogP contribution in [0.2, 0.25) is 0 Å². The molecule has 0 saturated carbocycles. The lowest BCUT2D eigenvalue weighted by Crippen LogP contribution is -2.00. The Morgan fingerprint density at radius 3 is 3.00 bits per heavy atom. The number of hydrogen-bond acceptors (Lipinski definition) is 3. The lowest BCUT2D eigenvalue weighted by Gasteiger charge is -2.07. The molecule has 0 saturated heterocycles. The second-order valence-corrected chi connectivity index (χ2v) is 4.08. The summed E-state index contributed by atoms with van der Waals surface area (Å²) < 4.78 is 1.83. The molecule has 1 N–H and O–H groups in total. The van der Waals surface area contributed by atoms with Crippen molar-refractivity contribution in [1.29, 1.82) is 0 Å². The average molecular weight is 215 g/mol. The summed E-state index contributed by atoms with van der Waals surface area (Å²) in [7, 11) is 0. The van der Waals surface area contributed by atoms with E-state index >= 15 is 0 Å². The first-order chi connectivity index (χ1) is 7.88. The first-order valence-electron chi connectivity index (χ1n) is 5.50. The van der Waals surface area contributed by atoms with E-state index in [1.807, 2.05) is 4.57 Å². The highest BCUT2D eigenvalue weighted by molar-refractivity contribution is 5.43. The van der Waals surface area contributed by atoms with Crippen molar-refractivity contribution in [2.75, 3.05) is 0 Å². The second-order valence-electron chi connectivity index (χ2n) is 4.08. The molecule has 2 aromatic rings. The molecule has 0 atom stereocenters. The molecule has 1 aliphatic rings. The monoisotopic (exact) mass is 215 g/mol. The summed E-state index contributed by atoms with van der Waals surface area (Å²) in [4.78, 5) is 0. The third-order valence-corrected chi connectivity index (χ3v) is 3.12. The van der Waals surface area contributed by atoms with E-state index in [1.54, 1.807) is 6.33 Å². The summed E-state index contributed by atoms with van der Waals surface area (Å²) in [6.07, 6.45) is 5.22. The first-order valence-corrected chi connectivity index (χ1v) is 5.50. The Morgan fingerprint density at radius 1 is 1.25 bits per heavy atom. The van der Waals surface area contributed by atoms with Crippen LogP contribution in [0.4, 0.5) is 0 Å². The van der Waals surface area contributed by atoms with E-state index in [1.165, 1.54) is 24.0 Å². The van der Waals surface area contributed by atoms with Crippen LogP contribution in [-0.2, 0) is 19.4 Å². The largest absolute Gasteiger partial charge is 0.388 e. The number of rotatable bonds is 2. The van der Waals surface area contributed by atoms with Gasteiger partial charge in [0.2, 0.25) is 0 Å². The minimum Gasteiger partial charge on any atom is -0.388 e. The summed E-state index contributed by atoms with van der Waals surface area (Å²) in [6, 6.07) is 6.40. The van der Waals surface area contributed by atoms with E-state index in [4.69, 9.17) is 5.11 Å². The second kappa shape index (κ2) is 3.72. The molecule has 16 heavy (non-hydrogen) atoms. The number of aryl methyl sites for hydroxylation is 2. The molecule has 0 spiro atoms. The molecule has 1 aromatic carbocycles. The van der Waals surface area contributed by atoms with E-state index in [2.05, 4.69) is 28.4 Å². The van der Waals surface area contributed by atoms with Gasteiger partial charge in [-0.25, -0.2) is 0 Å². The van der Waals surface area contributed by atoms with Gasteiger partial charge in [0, 0.05) is 5.69 Å². The smallest absolute Gasteiger partial charge is 0.163 e. The molecular weight excluding hydrogens is 202 g/mol. The molecule has 0 fully saturated rings. The SMILES string of the molecule is OCc1nncn1-c1ccc2c(c1)CCC2. The highest BCUT2D eigenvalue weighted by Crippen LogP contribution is 2.24. The minimum atomic E-state index is -0.0862. The van der Waals surface area contributed by atoms with Gasteiger partial charge in [-0.3, -0.25) is 4.57 Å². The number of aliphatic hydroxyl groups excluding tert-OH is 1. The van der Waals surface area contributed by atoms with Crippen molar-refractivity contribution in [1.82, 2.24) is 14.8 Å². The third kappa shape index (κ3) is 1.42. The van der Waals surface area contributed by atoms with Crippen LogP contribution in [0.5, 0.6) is 0 Å². The molecule has 4 nitrogen and oxygen atoms in total. The van der Waals surface area contributed by atoms with Crippen LogP contribution in [0.1, 0.15) is 23.4 Å². The number of benzene rings is 1. The Bertz CT molecular complexity index is 519. The first kappa shape index (κ1) is 9.54. The maximum absolute atomic E-state index is 9.14. The molecule has 1 heterocycles. The zero-order valence-electron chi connectivity index (χ0n) is 8.93. The fourth-order valence-corrected chi connectivity index (χ4v) is 2.29. The Labute approximate surface area is 93.6 Å². The zero-order valence-corrected chi connectivity index (χ0v) is 8.93. The van der Waals surface area contributed by atoms with Crippen LogP contribution in [0, 0.1) is 0 Å². The van der Waals surface area contributed by atoms with Crippen LogP contribution in [-0.4, -0.2) is 19.9 Å². The Morgan fingerprint density at radius 2 is 2.12 bits per heavy atom. The van der Waals surface area contributed by atoms with Crippen LogP contribution < -0.4 is 0 Å². The van der Waals surface area contributed by atoms with Crippen molar-refractivity contribution in [3.05, 3.63) is 41.5 Å². The standard InChI is InChI=1S/C12H13N3O/c16-7-12-14-13-8-15(12)11-5-4-9-2-1-3-10(9)6-11/h4-6,8,16H,1-3,7H2. The highest BCUT2D eigenvalue weighted by atomic mass is 16.3. The normalized spacial score (nSPS) is 14.1. The maximum Gasteiger partial charge on any atom is 0.163 e. The van der Waals surface area contributed by atoms with Gasteiger partial charge in [0.1, 0.15) is 12.9 Å². The van der Waals surface area contributed by atoms with E-state index in [0.717, 1.165) is 12.1 Å². The number of nitrogens with zero attached hydrogens (tertiary/aromatic N) is 3. The summed E-state index contributed by atoms with van der Waals surface area (Å²) in [6.45, 7) is -0.0862. The third-order valence-electron chi connectivity index (χ3n) is 3.12. The lowest BCUT2D eigenvalue weighted by atomic mass is 10.1. The molecule has 3 rings (SSSR count). The van der Waals surface area contributed by atoms with Gasteiger partial charge < -0.3 is 5.11 Å². The van der Waals surface area contributed by atoms with Gasteiger partial charge in [0.15, 0.2) is 5.82 Å². The van der Waals surface area contributed by atoms with Gasteiger partial charge in [0.05, 0.1) is 0 Å². The number of aliphatic hydroxyl groups is 1. The molecule has 0 aliphatic heterocycles. The maximum atomic E-state index is 9.14. The molecule has 0 radical (unpaired) electrons. The van der Waals surface area contributed by atoms with Crippen LogP contribution in [0.25, 0.3) is 5.69 Å². The predicted octanol–water partition coefficient (Wildman–Crippen LogP) is 1.25. The van der Waals surface area contributed by atoms with Crippen molar-refractivity contribution in [2.24, 2.45) is 0 Å². The number of hydrogen-bond donors (Lipinski definition) is 1. The van der Waals surface area contributed by atoms with Crippen molar-refractivity contribution < 1.29 is 5.11 Å². The molecule has 1 aliphatic carbocycles. The number of aromatic nitrogens is 3. The molecular formula is C12H13N3O. The Kier molecular flexibility index (Phi) is 2.22. The zero-order chi connectivity index (χ0) is 11.0. The minimum absolute atomic E-state index is 0.0862. The lowest BCUT2D eigenvalue weighted by molar-refractivity contribution is 0.269. The van der Waals surface area contributed by atoms with Crippen LogP contribution in [0.3, 0.4) is 0 Å². The fraction of sp³-hybridized carbons (Fsp3) is 0.333. The topological polar surface area (TPSA) is 50.9 Å². The van der Waals surface area contributed by atoms with Crippen molar-refractivity contribution in [2.45, 2.75) is 25.9 Å². The Balaban J connectivity index is 2.07.